The zero-order valence-corrected chi connectivity index (χ0v) is 15.8. The molecule has 1 aliphatic heterocycles. The van der Waals surface area contributed by atoms with Crippen molar-refractivity contribution < 1.29 is 4.79 Å². The van der Waals surface area contributed by atoms with E-state index in [2.05, 4.69) is 26.6 Å². The fourth-order valence-electron chi connectivity index (χ4n) is 3.90. The van der Waals surface area contributed by atoms with Crippen LogP contribution in [0.3, 0.4) is 0 Å². The van der Waals surface area contributed by atoms with Crippen LogP contribution in [0.2, 0.25) is 0 Å². The second kappa shape index (κ2) is 10.7. The molecule has 0 bridgehead atoms. The molecule has 1 aromatic rings. The van der Waals surface area contributed by atoms with E-state index in [-0.39, 0.29) is 24.4 Å². The van der Waals surface area contributed by atoms with Crippen LogP contribution in [0.5, 0.6) is 0 Å². The smallest absolute Gasteiger partial charge is 0.234 e. The second-order valence-electron chi connectivity index (χ2n) is 7.09. The SMILES string of the molecule is Cl.O=C(CN1CCNCC1c1cccnc1)NC1CCCCCCC1. The van der Waals surface area contributed by atoms with Gasteiger partial charge in [-0.1, -0.05) is 38.2 Å². The van der Waals surface area contributed by atoms with E-state index in [0.717, 1.165) is 32.5 Å². The Kier molecular flexibility index (Phi) is 8.65. The molecule has 140 valence electrons. The molecule has 1 aliphatic carbocycles. The number of nitrogens with zero attached hydrogens (tertiary/aromatic N) is 2. The lowest BCUT2D eigenvalue weighted by atomic mass is 9.96. The highest BCUT2D eigenvalue weighted by atomic mass is 35.5. The van der Waals surface area contributed by atoms with E-state index in [1.165, 1.54) is 37.7 Å². The molecule has 0 radical (unpaired) electrons. The van der Waals surface area contributed by atoms with E-state index in [4.69, 9.17) is 0 Å². The van der Waals surface area contributed by atoms with Gasteiger partial charge in [-0.05, 0) is 24.5 Å². The van der Waals surface area contributed by atoms with Crippen LogP contribution in [-0.4, -0.2) is 48.0 Å². The molecule has 1 saturated heterocycles. The molecule has 0 aromatic carbocycles. The number of nitrogens with one attached hydrogen (secondary N) is 2. The molecule has 25 heavy (non-hydrogen) atoms. The molecular formula is C19H31ClN4O. The van der Waals surface area contributed by atoms with Crippen molar-refractivity contribution in [3.63, 3.8) is 0 Å². The summed E-state index contributed by atoms with van der Waals surface area (Å²) in [5, 5.41) is 6.72. The summed E-state index contributed by atoms with van der Waals surface area (Å²) in [6.07, 6.45) is 12.5. The summed E-state index contributed by atoms with van der Waals surface area (Å²) in [5.41, 5.74) is 1.18. The van der Waals surface area contributed by atoms with E-state index >= 15 is 0 Å². The molecule has 5 nitrogen and oxygen atoms in total. The lowest BCUT2D eigenvalue weighted by Crippen LogP contribution is -2.50. The first-order valence-electron chi connectivity index (χ1n) is 9.47. The minimum absolute atomic E-state index is 0. The fraction of sp³-hybridized carbons (Fsp3) is 0.684. The van der Waals surface area contributed by atoms with Gasteiger partial charge >= 0.3 is 0 Å². The summed E-state index contributed by atoms with van der Waals surface area (Å²) in [6, 6.07) is 4.68. The first kappa shape index (κ1) is 20.1. The number of pyridine rings is 1. The normalized spacial score (nSPS) is 23.1. The number of aromatic nitrogens is 1. The van der Waals surface area contributed by atoms with Gasteiger partial charge in [-0.3, -0.25) is 14.7 Å². The van der Waals surface area contributed by atoms with Gasteiger partial charge in [0.25, 0.3) is 0 Å². The predicted molar refractivity (Wildman–Crippen MR) is 103 cm³/mol. The Hall–Kier alpha value is -1.17. The Morgan fingerprint density at radius 3 is 2.72 bits per heavy atom. The minimum Gasteiger partial charge on any atom is -0.352 e. The maximum Gasteiger partial charge on any atom is 0.234 e. The molecule has 6 heteroatoms. The van der Waals surface area contributed by atoms with Gasteiger partial charge in [0.15, 0.2) is 0 Å². The molecule has 2 aliphatic rings. The second-order valence-corrected chi connectivity index (χ2v) is 7.09. The number of carbonyl (C=O) groups excluding carboxylic acids is 1. The molecule has 2 heterocycles. The van der Waals surface area contributed by atoms with Crippen LogP contribution in [-0.2, 0) is 4.79 Å². The number of hydrogen-bond donors (Lipinski definition) is 2. The Morgan fingerprint density at radius 1 is 1.24 bits per heavy atom. The molecule has 1 atom stereocenters. The van der Waals surface area contributed by atoms with E-state index in [0.29, 0.717) is 12.6 Å². The van der Waals surface area contributed by atoms with Crippen molar-refractivity contribution in [1.29, 1.82) is 0 Å². The molecule has 3 rings (SSSR count). The highest BCUT2D eigenvalue weighted by molar-refractivity contribution is 5.85. The van der Waals surface area contributed by atoms with Crippen molar-refractivity contribution in [3.05, 3.63) is 30.1 Å². The van der Waals surface area contributed by atoms with Gasteiger partial charge in [-0.15, -0.1) is 12.4 Å². The minimum atomic E-state index is 0. The van der Waals surface area contributed by atoms with Crippen LogP contribution >= 0.6 is 12.4 Å². The van der Waals surface area contributed by atoms with E-state index in [1.807, 2.05) is 12.3 Å². The van der Waals surface area contributed by atoms with Crippen molar-refractivity contribution in [2.24, 2.45) is 0 Å². The Labute approximate surface area is 157 Å². The zero-order chi connectivity index (χ0) is 16.6. The summed E-state index contributed by atoms with van der Waals surface area (Å²) in [5.74, 6) is 0.177. The highest BCUT2D eigenvalue weighted by Crippen LogP contribution is 2.21. The van der Waals surface area contributed by atoms with Crippen molar-refractivity contribution in [2.75, 3.05) is 26.2 Å². The standard InChI is InChI=1S/C19H30N4O.ClH/c24-19(22-17-8-4-2-1-3-5-9-17)15-23-12-11-21-14-18(23)16-7-6-10-20-13-16;/h6-7,10,13,17-18,21H,1-5,8-9,11-12,14-15H2,(H,22,24);1H. The van der Waals surface area contributed by atoms with Gasteiger partial charge in [-0.25, -0.2) is 0 Å². The lowest BCUT2D eigenvalue weighted by molar-refractivity contribution is -0.123. The number of amides is 1. The van der Waals surface area contributed by atoms with Crippen LogP contribution in [0.4, 0.5) is 0 Å². The largest absolute Gasteiger partial charge is 0.352 e. The van der Waals surface area contributed by atoms with Crippen molar-refractivity contribution in [2.45, 2.75) is 57.0 Å². The Balaban J connectivity index is 0.00000225. The Morgan fingerprint density at radius 2 is 2.00 bits per heavy atom. The van der Waals surface area contributed by atoms with Gasteiger partial charge in [0, 0.05) is 44.1 Å². The fourth-order valence-corrected chi connectivity index (χ4v) is 3.90. The molecule has 1 amide bonds. The number of rotatable bonds is 4. The molecule has 0 spiro atoms. The Bertz CT molecular complexity index is 505. The molecular weight excluding hydrogens is 336 g/mol. The topological polar surface area (TPSA) is 57.3 Å². The quantitative estimate of drug-likeness (QED) is 0.860. The number of piperazine rings is 1. The van der Waals surface area contributed by atoms with Gasteiger partial charge in [0.1, 0.15) is 0 Å². The van der Waals surface area contributed by atoms with E-state index in [9.17, 15) is 4.79 Å². The summed E-state index contributed by atoms with van der Waals surface area (Å²) in [7, 11) is 0. The highest BCUT2D eigenvalue weighted by Gasteiger charge is 2.26. The third-order valence-corrected chi connectivity index (χ3v) is 5.24. The maximum absolute atomic E-state index is 12.6. The van der Waals surface area contributed by atoms with Gasteiger partial charge in [0.05, 0.1) is 6.54 Å². The van der Waals surface area contributed by atoms with Crippen LogP contribution in [0.15, 0.2) is 24.5 Å². The molecule has 1 unspecified atom stereocenters. The maximum atomic E-state index is 12.6. The number of carbonyl (C=O) groups is 1. The van der Waals surface area contributed by atoms with Gasteiger partial charge in [-0.2, -0.15) is 0 Å². The summed E-state index contributed by atoms with van der Waals surface area (Å²) >= 11 is 0. The third kappa shape index (κ3) is 6.24. The van der Waals surface area contributed by atoms with Crippen LogP contribution in [0, 0.1) is 0 Å². The summed E-state index contributed by atoms with van der Waals surface area (Å²) < 4.78 is 0. The molecule has 1 aromatic heterocycles. The van der Waals surface area contributed by atoms with Crippen LogP contribution in [0.25, 0.3) is 0 Å². The first-order valence-corrected chi connectivity index (χ1v) is 9.47. The summed E-state index contributed by atoms with van der Waals surface area (Å²) in [6.45, 7) is 3.20. The number of hydrogen-bond acceptors (Lipinski definition) is 4. The lowest BCUT2D eigenvalue weighted by Gasteiger charge is -2.36. The third-order valence-electron chi connectivity index (χ3n) is 5.24. The average Bonchev–Trinajstić information content (AvgIpc) is 2.58. The van der Waals surface area contributed by atoms with E-state index in [1.54, 1.807) is 6.20 Å². The predicted octanol–water partition coefficient (Wildman–Crippen LogP) is 2.68. The van der Waals surface area contributed by atoms with Gasteiger partial charge in [0.2, 0.25) is 5.91 Å². The van der Waals surface area contributed by atoms with Crippen molar-refractivity contribution in [3.8, 4) is 0 Å². The molecule has 1 saturated carbocycles. The molecule has 2 N–H and O–H groups in total. The first-order chi connectivity index (χ1) is 11.8. The summed E-state index contributed by atoms with van der Waals surface area (Å²) in [4.78, 5) is 19.1. The van der Waals surface area contributed by atoms with Crippen LogP contribution in [0.1, 0.15) is 56.6 Å². The van der Waals surface area contributed by atoms with E-state index < -0.39 is 0 Å². The number of halogens is 1. The van der Waals surface area contributed by atoms with Crippen molar-refractivity contribution >= 4 is 18.3 Å². The van der Waals surface area contributed by atoms with Gasteiger partial charge < -0.3 is 10.6 Å². The van der Waals surface area contributed by atoms with Crippen molar-refractivity contribution in [1.82, 2.24) is 20.5 Å². The monoisotopic (exact) mass is 366 g/mol. The molecule has 2 fully saturated rings. The zero-order valence-electron chi connectivity index (χ0n) is 15.0. The van der Waals surface area contributed by atoms with Crippen LogP contribution < -0.4 is 10.6 Å². The average molecular weight is 367 g/mol.